The Labute approximate surface area is 236 Å². The summed E-state index contributed by atoms with van der Waals surface area (Å²) in [6.45, 7) is 0.754. The highest BCUT2D eigenvalue weighted by Gasteiger charge is 2.40. The van der Waals surface area contributed by atoms with Crippen molar-refractivity contribution >= 4 is 21.8 Å². The number of ether oxygens (including phenoxy) is 1. The molecule has 2 aromatic carbocycles. The first kappa shape index (κ1) is 29.3. The number of halogens is 3. The van der Waals surface area contributed by atoms with Crippen LogP contribution in [-0.2, 0) is 32.6 Å². The standard InChI is InChI=1S/C28H33F3N4O5S/c29-28(30,31)40-21-8-10-22(11-9-21)41(38,39)35-14-13-32-27(37)25(35)16-26(36)34-24-6-1-3-19-15-18(7-12-23(19)24)17-33-20-4-2-5-20/h7-12,15,20,24-25,33H,1-6,13-14,16-17H2,(H,32,37)(H,34,36)/t24-,25?/m1/s1. The molecule has 3 aliphatic rings. The molecule has 1 unspecified atom stereocenters. The topological polar surface area (TPSA) is 117 Å². The second-order valence-electron chi connectivity index (χ2n) is 10.7. The molecule has 41 heavy (non-hydrogen) atoms. The monoisotopic (exact) mass is 594 g/mol. The number of benzene rings is 2. The van der Waals surface area contributed by atoms with E-state index in [9.17, 15) is 31.2 Å². The number of aryl methyl sites for hydroxylation is 1. The molecular weight excluding hydrogens is 561 g/mol. The summed E-state index contributed by atoms with van der Waals surface area (Å²) in [5.74, 6) is -1.65. The molecule has 5 rings (SSSR count). The third-order valence-electron chi connectivity index (χ3n) is 7.88. The van der Waals surface area contributed by atoms with Gasteiger partial charge >= 0.3 is 6.36 Å². The highest BCUT2D eigenvalue weighted by molar-refractivity contribution is 7.89. The largest absolute Gasteiger partial charge is 0.573 e. The molecule has 0 spiro atoms. The lowest BCUT2D eigenvalue weighted by Gasteiger charge is -2.34. The number of sulfonamides is 1. The lowest BCUT2D eigenvalue weighted by molar-refractivity contribution is -0.274. The van der Waals surface area contributed by atoms with Crippen LogP contribution >= 0.6 is 0 Å². The highest BCUT2D eigenvalue weighted by atomic mass is 32.2. The van der Waals surface area contributed by atoms with Crippen molar-refractivity contribution in [3.05, 3.63) is 59.2 Å². The molecule has 9 nitrogen and oxygen atoms in total. The molecular formula is C28H33F3N4O5S. The molecule has 222 valence electrons. The number of rotatable bonds is 9. The Morgan fingerprint density at radius 2 is 1.83 bits per heavy atom. The van der Waals surface area contributed by atoms with Crippen LogP contribution in [0.4, 0.5) is 13.2 Å². The molecule has 2 aromatic rings. The van der Waals surface area contributed by atoms with E-state index in [1.807, 2.05) is 6.07 Å². The van der Waals surface area contributed by atoms with E-state index in [2.05, 4.69) is 32.8 Å². The van der Waals surface area contributed by atoms with E-state index in [4.69, 9.17) is 0 Å². The zero-order chi connectivity index (χ0) is 29.2. The average molecular weight is 595 g/mol. The predicted octanol–water partition coefficient (Wildman–Crippen LogP) is 3.30. The smallest absolute Gasteiger partial charge is 0.406 e. The molecule has 1 heterocycles. The lowest BCUT2D eigenvalue weighted by atomic mass is 9.86. The van der Waals surface area contributed by atoms with E-state index in [-0.39, 0.29) is 24.0 Å². The number of carbonyl (C=O) groups excluding carboxylic acids is 2. The van der Waals surface area contributed by atoms with E-state index >= 15 is 0 Å². The van der Waals surface area contributed by atoms with Gasteiger partial charge in [0.2, 0.25) is 21.8 Å². The van der Waals surface area contributed by atoms with Crippen molar-refractivity contribution in [2.45, 2.75) is 80.9 Å². The number of carbonyl (C=O) groups is 2. The molecule has 0 aromatic heterocycles. The zero-order valence-corrected chi connectivity index (χ0v) is 23.2. The van der Waals surface area contributed by atoms with Gasteiger partial charge < -0.3 is 20.7 Å². The van der Waals surface area contributed by atoms with Crippen LogP contribution in [0.25, 0.3) is 0 Å². The molecule has 1 aliphatic heterocycles. The summed E-state index contributed by atoms with van der Waals surface area (Å²) in [4.78, 5) is 25.6. The number of nitrogens with one attached hydrogen (secondary N) is 3. The van der Waals surface area contributed by atoms with Crippen LogP contribution in [-0.4, -0.2) is 56.1 Å². The first-order chi connectivity index (χ1) is 19.5. The Balaban J connectivity index is 1.25. The van der Waals surface area contributed by atoms with Crippen molar-refractivity contribution < 1.29 is 35.9 Å². The number of hydrogen-bond acceptors (Lipinski definition) is 6. The van der Waals surface area contributed by atoms with Crippen LogP contribution in [0.5, 0.6) is 5.75 Å². The quantitative estimate of drug-likeness (QED) is 0.410. The van der Waals surface area contributed by atoms with Crippen molar-refractivity contribution in [3.63, 3.8) is 0 Å². The normalized spacial score (nSPS) is 21.9. The zero-order valence-electron chi connectivity index (χ0n) is 22.4. The fraction of sp³-hybridized carbons (Fsp3) is 0.500. The number of alkyl halides is 3. The summed E-state index contributed by atoms with van der Waals surface area (Å²) in [5.41, 5.74) is 3.39. The van der Waals surface area contributed by atoms with E-state index < -0.39 is 46.4 Å². The number of amides is 2. The minimum Gasteiger partial charge on any atom is -0.406 e. The second-order valence-corrected chi connectivity index (χ2v) is 12.6. The summed E-state index contributed by atoms with van der Waals surface area (Å²) in [5, 5.41) is 9.16. The molecule has 0 bridgehead atoms. The predicted molar refractivity (Wildman–Crippen MR) is 143 cm³/mol. The van der Waals surface area contributed by atoms with Gasteiger partial charge in [-0.3, -0.25) is 9.59 Å². The summed E-state index contributed by atoms with van der Waals surface area (Å²) >= 11 is 0. The number of hydrogen-bond donors (Lipinski definition) is 3. The highest BCUT2D eigenvalue weighted by Crippen LogP contribution is 2.32. The van der Waals surface area contributed by atoms with Gasteiger partial charge in [-0.25, -0.2) is 8.42 Å². The minimum absolute atomic E-state index is 0.0411. The van der Waals surface area contributed by atoms with E-state index in [1.54, 1.807) is 0 Å². The lowest BCUT2D eigenvalue weighted by Crippen LogP contribution is -2.58. The van der Waals surface area contributed by atoms with Gasteiger partial charge in [0, 0.05) is 25.7 Å². The molecule has 1 saturated heterocycles. The van der Waals surface area contributed by atoms with E-state index in [0.29, 0.717) is 6.04 Å². The van der Waals surface area contributed by atoms with Crippen LogP contribution in [0.1, 0.15) is 61.3 Å². The molecule has 3 N–H and O–H groups in total. The maximum Gasteiger partial charge on any atom is 0.573 e. The van der Waals surface area contributed by atoms with Gasteiger partial charge in [0.15, 0.2) is 0 Å². The van der Waals surface area contributed by atoms with Gasteiger partial charge in [0.25, 0.3) is 0 Å². The van der Waals surface area contributed by atoms with Gasteiger partial charge in [0.05, 0.1) is 17.4 Å². The summed E-state index contributed by atoms with van der Waals surface area (Å²) in [7, 11) is -4.30. The minimum atomic E-state index is -4.92. The first-order valence-electron chi connectivity index (χ1n) is 13.8. The molecule has 2 fully saturated rings. The first-order valence-corrected chi connectivity index (χ1v) is 15.2. The number of nitrogens with zero attached hydrogens (tertiary/aromatic N) is 1. The van der Waals surface area contributed by atoms with Crippen molar-refractivity contribution in [2.24, 2.45) is 0 Å². The van der Waals surface area contributed by atoms with E-state index in [0.717, 1.165) is 59.9 Å². The van der Waals surface area contributed by atoms with Crippen LogP contribution in [0.3, 0.4) is 0 Å². The Hall–Kier alpha value is -3.16. The fourth-order valence-corrected chi connectivity index (χ4v) is 7.14. The Kier molecular flexibility index (Phi) is 8.57. The van der Waals surface area contributed by atoms with Crippen LogP contribution in [0, 0.1) is 0 Å². The maximum atomic E-state index is 13.4. The molecule has 1 saturated carbocycles. The maximum absolute atomic E-state index is 13.4. The van der Waals surface area contributed by atoms with Gasteiger partial charge in [-0.1, -0.05) is 24.6 Å². The summed E-state index contributed by atoms with van der Waals surface area (Å²) in [6, 6.07) is 9.04. The summed E-state index contributed by atoms with van der Waals surface area (Å²) in [6.07, 6.45) is 0.888. The third-order valence-corrected chi connectivity index (χ3v) is 9.80. The van der Waals surface area contributed by atoms with E-state index in [1.165, 1.54) is 30.4 Å². The Bertz CT molecular complexity index is 1380. The second kappa shape index (κ2) is 12.0. The van der Waals surface area contributed by atoms with Crippen LogP contribution in [0.15, 0.2) is 47.4 Å². The number of piperazine rings is 1. The van der Waals surface area contributed by atoms with Crippen LogP contribution < -0.4 is 20.7 Å². The van der Waals surface area contributed by atoms with Crippen molar-refractivity contribution in [2.75, 3.05) is 13.1 Å². The van der Waals surface area contributed by atoms with Crippen molar-refractivity contribution in [3.8, 4) is 5.75 Å². The molecule has 2 aliphatic carbocycles. The van der Waals surface area contributed by atoms with Crippen molar-refractivity contribution in [1.82, 2.24) is 20.3 Å². The molecule has 0 radical (unpaired) electrons. The van der Waals surface area contributed by atoms with Gasteiger partial charge in [-0.05, 0) is 73.1 Å². The SMILES string of the molecule is O=C(CC1C(=O)NCCN1S(=O)(=O)c1ccc(OC(F)(F)F)cc1)N[C@@H]1CCCc2cc(CNC3CCC3)ccc21. The van der Waals surface area contributed by atoms with Gasteiger partial charge in [-0.2, -0.15) is 4.31 Å². The van der Waals surface area contributed by atoms with Gasteiger partial charge in [0.1, 0.15) is 11.8 Å². The third kappa shape index (κ3) is 7.02. The van der Waals surface area contributed by atoms with Crippen molar-refractivity contribution in [1.29, 1.82) is 0 Å². The average Bonchev–Trinajstić information content (AvgIpc) is 2.88. The Morgan fingerprint density at radius 3 is 2.51 bits per heavy atom. The molecule has 13 heteroatoms. The Morgan fingerprint density at radius 1 is 1.07 bits per heavy atom. The van der Waals surface area contributed by atoms with Gasteiger partial charge in [-0.15, -0.1) is 13.2 Å². The molecule has 2 amide bonds. The fourth-order valence-electron chi connectivity index (χ4n) is 5.56. The van der Waals surface area contributed by atoms with Crippen LogP contribution in [0.2, 0.25) is 0 Å². The summed E-state index contributed by atoms with van der Waals surface area (Å²) < 4.78 is 68.9. The molecule has 2 atom stereocenters. The number of fused-ring (bicyclic) bond motifs is 1.